The first-order valence-corrected chi connectivity index (χ1v) is 7.29. The molecule has 1 aliphatic carbocycles. The van der Waals surface area contributed by atoms with E-state index in [0.29, 0.717) is 29.2 Å². The number of rotatable bonds is 3. The minimum absolute atomic E-state index is 0.0924. The lowest BCUT2D eigenvalue weighted by Crippen LogP contribution is -1.99. The zero-order valence-corrected chi connectivity index (χ0v) is 12.2. The Bertz CT molecular complexity index is 992. The van der Waals surface area contributed by atoms with Crippen molar-refractivity contribution in [3.8, 4) is 17.2 Å². The first-order chi connectivity index (χ1) is 11.3. The fraction of sp³-hybridized carbons (Fsp3) is 0.0526. The summed E-state index contributed by atoms with van der Waals surface area (Å²) in [5, 5.41) is 0. The first kappa shape index (κ1) is 13.5. The molecule has 0 amide bonds. The molecule has 1 aliphatic heterocycles. The molecule has 0 saturated carbocycles. The van der Waals surface area contributed by atoms with Crippen molar-refractivity contribution in [1.82, 2.24) is 4.98 Å². The molecule has 0 radical (unpaired) electrons. The van der Waals surface area contributed by atoms with Crippen molar-refractivity contribution in [2.75, 3.05) is 0 Å². The topological polar surface area (TPSA) is 52.3 Å². The van der Waals surface area contributed by atoms with E-state index in [9.17, 15) is 4.79 Å². The quantitative estimate of drug-likeness (QED) is 0.539. The maximum atomic E-state index is 11.4. The van der Waals surface area contributed by atoms with Crippen LogP contribution in [0.2, 0.25) is 0 Å². The summed E-state index contributed by atoms with van der Waals surface area (Å²) in [6, 6.07) is 20.0. The molecule has 0 atom stereocenters. The van der Waals surface area contributed by atoms with E-state index in [4.69, 9.17) is 9.15 Å². The highest BCUT2D eigenvalue weighted by Gasteiger charge is 2.09. The summed E-state index contributed by atoms with van der Waals surface area (Å²) >= 11 is 0. The molecule has 0 unspecified atom stereocenters. The SMILES string of the molecule is O=c1ccc2nc3cc(OCc4ccccc4)ccc3oc-2c1. The van der Waals surface area contributed by atoms with Gasteiger partial charge in [0, 0.05) is 12.1 Å². The highest BCUT2D eigenvalue weighted by molar-refractivity contribution is 5.77. The van der Waals surface area contributed by atoms with Crippen LogP contribution in [0.1, 0.15) is 5.56 Å². The van der Waals surface area contributed by atoms with Gasteiger partial charge in [-0.15, -0.1) is 0 Å². The Balaban J connectivity index is 1.67. The Morgan fingerprint density at radius 3 is 2.70 bits per heavy atom. The van der Waals surface area contributed by atoms with Crippen molar-refractivity contribution in [2.24, 2.45) is 0 Å². The van der Waals surface area contributed by atoms with E-state index in [-0.39, 0.29) is 5.43 Å². The summed E-state index contributed by atoms with van der Waals surface area (Å²) in [7, 11) is 0. The van der Waals surface area contributed by atoms with Gasteiger partial charge in [0.05, 0.1) is 0 Å². The van der Waals surface area contributed by atoms with E-state index < -0.39 is 0 Å². The molecule has 4 heteroatoms. The molecular weight excluding hydrogens is 290 g/mol. The molecular formula is C19H13NO3. The van der Waals surface area contributed by atoms with Crippen molar-refractivity contribution < 1.29 is 9.15 Å². The smallest absolute Gasteiger partial charge is 0.182 e. The predicted molar refractivity (Wildman–Crippen MR) is 87.7 cm³/mol. The van der Waals surface area contributed by atoms with Crippen LogP contribution in [0.5, 0.6) is 5.75 Å². The van der Waals surface area contributed by atoms with Crippen LogP contribution < -0.4 is 10.2 Å². The van der Waals surface area contributed by atoms with E-state index in [2.05, 4.69) is 4.98 Å². The van der Waals surface area contributed by atoms with Gasteiger partial charge in [-0.1, -0.05) is 30.3 Å². The van der Waals surface area contributed by atoms with Crippen molar-refractivity contribution in [2.45, 2.75) is 6.61 Å². The van der Waals surface area contributed by atoms with Crippen molar-refractivity contribution in [3.63, 3.8) is 0 Å². The summed E-state index contributed by atoms with van der Waals surface area (Å²) in [6.45, 7) is 0.497. The summed E-state index contributed by atoms with van der Waals surface area (Å²) in [4.78, 5) is 15.9. The second kappa shape index (κ2) is 5.57. The molecule has 2 aromatic rings. The molecule has 4 rings (SSSR count). The van der Waals surface area contributed by atoms with Crippen LogP contribution in [0, 0.1) is 0 Å². The predicted octanol–water partition coefficient (Wildman–Crippen LogP) is 3.87. The Kier molecular flexibility index (Phi) is 3.27. The van der Waals surface area contributed by atoms with Crippen molar-refractivity contribution >= 4 is 11.1 Å². The molecule has 0 saturated heterocycles. The molecule has 2 aromatic carbocycles. The average molecular weight is 303 g/mol. The largest absolute Gasteiger partial charge is 0.489 e. The van der Waals surface area contributed by atoms with E-state index in [1.165, 1.54) is 12.1 Å². The van der Waals surface area contributed by atoms with Crippen LogP contribution in [0.25, 0.3) is 22.6 Å². The zero-order valence-electron chi connectivity index (χ0n) is 12.2. The van der Waals surface area contributed by atoms with Gasteiger partial charge in [0.2, 0.25) is 0 Å². The van der Waals surface area contributed by atoms with Crippen molar-refractivity contribution in [3.05, 3.63) is 82.5 Å². The van der Waals surface area contributed by atoms with Crippen LogP contribution >= 0.6 is 0 Å². The summed E-state index contributed by atoms with van der Waals surface area (Å²) < 4.78 is 11.5. The third-order valence-electron chi connectivity index (χ3n) is 3.57. The van der Waals surface area contributed by atoms with Crippen molar-refractivity contribution in [1.29, 1.82) is 0 Å². The molecule has 0 aromatic heterocycles. The minimum Gasteiger partial charge on any atom is -0.489 e. The average Bonchev–Trinajstić information content (AvgIpc) is 2.59. The number of fused-ring (bicyclic) bond motifs is 2. The third kappa shape index (κ3) is 2.79. The summed E-state index contributed by atoms with van der Waals surface area (Å²) in [5.74, 6) is 1.21. The van der Waals surface area contributed by atoms with Gasteiger partial charge in [-0.3, -0.25) is 4.79 Å². The van der Waals surface area contributed by atoms with Gasteiger partial charge in [-0.2, -0.15) is 0 Å². The number of nitrogens with zero attached hydrogens (tertiary/aromatic N) is 1. The fourth-order valence-electron chi connectivity index (χ4n) is 2.42. The highest BCUT2D eigenvalue weighted by Crippen LogP contribution is 2.26. The Labute approximate surface area is 132 Å². The number of hydrogen-bond donors (Lipinski definition) is 0. The van der Waals surface area contributed by atoms with E-state index in [0.717, 1.165) is 11.3 Å². The molecule has 0 spiro atoms. The molecule has 2 aliphatic rings. The Morgan fingerprint density at radius 2 is 1.83 bits per heavy atom. The molecule has 1 heterocycles. The lowest BCUT2D eigenvalue weighted by Gasteiger charge is -2.09. The molecule has 23 heavy (non-hydrogen) atoms. The number of benzene rings is 3. The number of aromatic nitrogens is 1. The molecule has 0 N–H and O–H groups in total. The van der Waals surface area contributed by atoms with Crippen LogP contribution in [-0.4, -0.2) is 4.98 Å². The van der Waals surface area contributed by atoms with Gasteiger partial charge in [0.1, 0.15) is 23.6 Å². The van der Waals surface area contributed by atoms with Gasteiger partial charge >= 0.3 is 0 Å². The summed E-state index contributed by atoms with van der Waals surface area (Å²) in [6.07, 6.45) is 0. The van der Waals surface area contributed by atoms with Gasteiger partial charge in [0.15, 0.2) is 16.8 Å². The Morgan fingerprint density at radius 1 is 0.957 bits per heavy atom. The second-order valence-electron chi connectivity index (χ2n) is 5.25. The number of hydrogen-bond acceptors (Lipinski definition) is 4. The highest BCUT2D eigenvalue weighted by atomic mass is 16.5. The third-order valence-corrected chi connectivity index (χ3v) is 3.57. The first-order valence-electron chi connectivity index (χ1n) is 7.29. The minimum atomic E-state index is -0.0924. The van der Waals surface area contributed by atoms with Crippen LogP contribution in [0.15, 0.2) is 75.9 Å². The van der Waals surface area contributed by atoms with Crippen LogP contribution in [0.3, 0.4) is 0 Å². The normalized spacial score (nSPS) is 11.0. The van der Waals surface area contributed by atoms with Crippen LogP contribution in [-0.2, 0) is 6.61 Å². The van der Waals surface area contributed by atoms with E-state index in [1.54, 1.807) is 12.1 Å². The maximum absolute atomic E-state index is 11.4. The Hall–Kier alpha value is -3.14. The van der Waals surface area contributed by atoms with Crippen LogP contribution in [0.4, 0.5) is 0 Å². The number of ether oxygens (including phenoxy) is 1. The molecule has 4 nitrogen and oxygen atoms in total. The van der Waals surface area contributed by atoms with Gasteiger partial charge < -0.3 is 9.15 Å². The summed E-state index contributed by atoms with van der Waals surface area (Å²) in [5.41, 5.74) is 2.98. The second-order valence-corrected chi connectivity index (χ2v) is 5.25. The maximum Gasteiger partial charge on any atom is 0.182 e. The lowest BCUT2D eigenvalue weighted by atomic mass is 10.2. The van der Waals surface area contributed by atoms with E-state index in [1.807, 2.05) is 42.5 Å². The molecule has 0 fully saturated rings. The molecule has 0 bridgehead atoms. The zero-order chi connectivity index (χ0) is 15.6. The van der Waals surface area contributed by atoms with Gasteiger partial charge in [-0.25, -0.2) is 4.98 Å². The van der Waals surface area contributed by atoms with Gasteiger partial charge in [-0.05, 0) is 29.8 Å². The molecule has 112 valence electrons. The van der Waals surface area contributed by atoms with Gasteiger partial charge in [0.25, 0.3) is 0 Å². The monoisotopic (exact) mass is 303 g/mol. The van der Waals surface area contributed by atoms with E-state index >= 15 is 0 Å². The standard InChI is InChI=1S/C19H13NO3/c21-14-6-8-16-19(10-14)23-18-9-7-15(11-17(18)20-16)22-12-13-4-2-1-3-5-13/h1-11H,12H2. The fourth-order valence-corrected chi connectivity index (χ4v) is 2.42. The lowest BCUT2D eigenvalue weighted by molar-refractivity contribution is 0.306.